The van der Waals surface area contributed by atoms with Crippen LogP contribution < -0.4 is 10.1 Å². The normalized spacial score (nSPS) is 20.8. The summed E-state index contributed by atoms with van der Waals surface area (Å²) in [5, 5.41) is 8.50. The Morgan fingerprint density at radius 1 is 1.30 bits per heavy atom. The van der Waals surface area contributed by atoms with E-state index in [1.165, 1.54) is 18.1 Å². The lowest BCUT2D eigenvalue weighted by molar-refractivity contribution is -0.130. The first kappa shape index (κ1) is 21.6. The maximum absolute atomic E-state index is 14.0. The summed E-state index contributed by atoms with van der Waals surface area (Å²) in [7, 11) is 3.77. The van der Waals surface area contributed by atoms with Gasteiger partial charge in [-0.2, -0.15) is 10.1 Å². The molecule has 0 saturated carbocycles. The van der Waals surface area contributed by atoms with Crippen molar-refractivity contribution < 1.29 is 13.9 Å². The highest BCUT2D eigenvalue weighted by Gasteiger charge is 2.34. The number of anilines is 2. The van der Waals surface area contributed by atoms with Crippen LogP contribution in [0.15, 0.2) is 24.5 Å². The van der Waals surface area contributed by atoms with Crippen LogP contribution >= 0.6 is 0 Å². The third kappa shape index (κ3) is 4.22. The predicted molar refractivity (Wildman–Crippen MR) is 122 cm³/mol. The predicted octanol–water partition coefficient (Wildman–Crippen LogP) is 2.53. The molecule has 1 saturated heterocycles. The van der Waals surface area contributed by atoms with Crippen molar-refractivity contribution in [2.45, 2.75) is 45.1 Å². The molecule has 3 aromatic rings. The smallest absolute Gasteiger partial charge is 0.229 e. The molecule has 0 bridgehead atoms. The molecular weight excluding hydrogens is 425 g/mol. The van der Waals surface area contributed by atoms with E-state index < -0.39 is 6.17 Å². The minimum Gasteiger partial charge on any atom is -0.495 e. The molecule has 9 nitrogen and oxygen atoms in total. The third-order valence-corrected chi connectivity index (χ3v) is 6.50. The number of carbonyl (C=O) groups is 1. The van der Waals surface area contributed by atoms with E-state index in [9.17, 15) is 9.18 Å². The summed E-state index contributed by atoms with van der Waals surface area (Å²) in [6.07, 6.45) is 3.68. The molecule has 10 heteroatoms. The Balaban J connectivity index is 1.42. The Kier molecular flexibility index (Phi) is 5.61. The number of ether oxygens (including phenoxy) is 1. The van der Waals surface area contributed by atoms with Crippen molar-refractivity contribution in [3.05, 3.63) is 35.7 Å². The molecule has 2 atom stereocenters. The summed E-state index contributed by atoms with van der Waals surface area (Å²) in [6, 6.07) is 3.93. The molecule has 5 rings (SSSR count). The molecule has 2 unspecified atom stereocenters. The van der Waals surface area contributed by atoms with Crippen molar-refractivity contribution in [2.75, 3.05) is 32.6 Å². The van der Waals surface area contributed by atoms with Crippen LogP contribution in [0.3, 0.4) is 0 Å². The number of rotatable bonds is 5. The second kappa shape index (κ2) is 8.58. The molecule has 0 spiro atoms. The zero-order valence-electron chi connectivity index (χ0n) is 19.1. The second-order valence-electron chi connectivity index (χ2n) is 8.89. The van der Waals surface area contributed by atoms with Crippen LogP contribution in [0, 0.1) is 0 Å². The molecule has 0 radical (unpaired) electrons. The number of methoxy groups -OCH3 is 1. The molecule has 1 aromatic carbocycles. The fraction of sp³-hybridized carbons (Fsp3) is 0.478. The quantitative estimate of drug-likeness (QED) is 0.635. The van der Waals surface area contributed by atoms with Gasteiger partial charge in [0.2, 0.25) is 11.9 Å². The molecule has 0 aliphatic carbocycles. The highest BCUT2D eigenvalue weighted by molar-refractivity contribution is 5.76. The van der Waals surface area contributed by atoms with Gasteiger partial charge >= 0.3 is 0 Å². The summed E-state index contributed by atoms with van der Waals surface area (Å²) in [4.78, 5) is 24.9. The number of halogens is 1. The summed E-state index contributed by atoms with van der Waals surface area (Å²) in [6.45, 7) is 3.89. The van der Waals surface area contributed by atoms with Crippen LogP contribution in [0.4, 0.5) is 16.0 Å². The number of nitrogens with zero attached hydrogens (tertiary/aromatic N) is 6. The molecule has 33 heavy (non-hydrogen) atoms. The average Bonchev–Trinajstić information content (AvgIpc) is 3.36. The Morgan fingerprint density at radius 3 is 2.94 bits per heavy atom. The monoisotopic (exact) mass is 453 g/mol. The highest BCUT2D eigenvalue weighted by atomic mass is 19.1. The van der Waals surface area contributed by atoms with Crippen LogP contribution in [0.1, 0.15) is 24.5 Å². The molecule has 1 N–H and O–H groups in total. The number of hydrogen-bond donors (Lipinski definition) is 1. The van der Waals surface area contributed by atoms with Gasteiger partial charge in [0.05, 0.1) is 43.5 Å². The first-order valence-corrected chi connectivity index (χ1v) is 11.2. The van der Waals surface area contributed by atoms with Crippen LogP contribution in [0.5, 0.6) is 5.75 Å². The zero-order valence-corrected chi connectivity index (χ0v) is 19.1. The Bertz CT molecular complexity index is 1200. The summed E-state index contributed by atoms with van der Waals surface area (Å²) < 4.78 is 21.3. The number of likely N-dealkylation sites (tertiary alicyclic amines) is 1. The number of likely N-dealkylation sites (N-methyl/N-ethyl adjacent to an activating group) is 1. The minimum atomic E-state index is -1.01. The van der Waals surface area contributed by atoms with Gasteiger partial charge in [-0.25, -0.2) is 14.1 Å². The Hall–Kier alpha value is -3.27. The van der Waals surface area contributed by atoms with E-state index in [0.29, 0.717) is 24.6 Å². The van der Waals surface area contributed by atoms with Gasteiger partial charge < -0.3 is 19.9 Å². The standard InChI is InChI=1S/C23H28FN7O2/c1-14(32)30-12-18(24)8-19(30)13-31-22-17(10-26-31)9-25-23(28-22)27-20-6-16-11-29(2)5-4-15(16)7-21(20)33-3/h6-7,9-10,18-19H,4-5,8,11-13H2,1-3H3,(H,25,27,28). The molecule has 174 valence electrons. The van der Waals surface area contributed by atoms with E-state index in [4.69, 9.17) is 4.74 Å². The molecule has 2 aromatic heterocycles. The summed E-state index contributed by atoms with van der Waals surface area (Å²) in [5.41, 5.74) is 3.98. The van der Waals surface area contributed by atoms with Gasteiger partial charge in [-0.3, -0.25) is 4.79 Å². The first-order chi connectivity index (χ1) is 15.9. The van der Waals surface area contributed by atoms with Crippen molar-refractivity contribution in [1.29, 1.82) is 0 Å². The Morgan fingerprint density at radius 2 is 2.15 bits per heavy atom. The fourth-order valence-corrected chi connectivity index (χ4v) is 4.79. The van der Waals surface area contributed by atoms with Crippen molar-refractivity contribution in [1.82, 2.24) is 29.5 Å². The fourth-order valence-electron chi connectivity index (χ4n) is 4.79. The van der Waals surface area contributed by atoms with Crippen LogP contribution in [-0.4, -0.2) is 74.9 Å². The van der Waals surface area contributed by atoms with Crippen LogP contribution in [-0.2, 0) is 24.3 Å². The van der Waals surface area contributed by atoms with Crippen molar-refractivity contribution >= 4 is 28.6 Å². The van der Waals surface area contributed by atoms with Crippen molar-refractivity contribution in [3.63, 3.8) is 0 Å². The maximum atomic E-state index is 14.0. The number of benzene rings is 1. The molecule has 1 amide bonds. The topological polar surface area (TPSA) is 88.4 Å². The van der Waals surface area contributed by atoms with Gasteiger partial charge in [-0.1, -0.05) is 0 Å². The molecule has 1 fully saturated rings. The SMILES string of the molecule is COc1cc2c(cc1Nc1ncc3cnn(CC4CC(F)CN4C(C)=O)c3n1)CN(C)CC2. The number of hydrogen-bond acceptors (Lipinski definition) is 7. The van der Waals surface area contributed by atoms with Crippen molar-refractivity contribution in [3.8, 4) is 5.75 Å². The van der Waals surface area contributed by atoms with Gasteiger partial charge in [-0.05, 0) is 36.7 Å². The number of fused-ring (bicyclic) bond motifs is 2. The highest BCUT2D eigenvalue weighted by Crippen LogP contribution is 2.33. The van der Waals surface area contributed by atoms with Gasteiger partial charge in [0.25, 0.3) is 0 Å². The summed E-state index contributed by atoms with van der Waals surface area (Å²) in [5.74, 6) is 1.04. The van der Waals surface area contributed by atoms with Gasteiger partial charge in [0.15, 0.2) is 5.65 Å². The lowest BCUT2D eigenvalue weighted by Gasteiger charge is -2.26. The third-order valence-electron chi connectivity index (χ3n) is 6.50. The van der Waals surface area contributed by atoms with E-state index in [1.807, 2.05) is 0 Å². The molecular formula is C23H28FN7O2. The lowest BCUT2D eigenvalue weighted by atomic mass is 9.99. The van der Waals surface area contributed by atoms with Gasteiger partial charge in [-0.15, -0.1) is 0 Å². The van der Waals surface area contributed by atoms with Crippen LogP contribution in [0.25, 0.3) is 11.0 Å². The number of nitrogens with one attached hydrogen (secondary N) is 1. The average molecular weight is 454 g/mol. The van der Waals surface area contributed by atoms with E-state index in [-0.39, 0.29) is 18.5 Å². The lowest BCUT2D eigenvalue weighted by Crippen LogP contribution is -2.36. The van der Waals surface area contributed by atoms with Gasteiger partial charge in [0.1, 0.15) is 11.9 Å². The van der Waals surface area contributed by atoms with E-state index in [2.05, 4.69) is 44.5 Å². The molecule has 2 aliphatic heterocycles. The summed E-state index contributed by atoms with van der Waals surface area (Å²) >= 11 is 0. The van der Waals surface area contributed by atoms with E-state index in [0.717, 1.165) is 36.3 Å². The van der Waals surface area contributed by atoms with E-state index in [1.54, 1.807) is 29.1 Å². The maximum Gasteiger partial charge on any atom is 0.229 e. The number of amides is 1. The number of aromatic nitrogens is 4. The zero-order chi connectivity index (χ0) is 23.1. The van der Waals surface area contributed by atoms with Crippen molar-refractivity contribution in [2.24, 2.45) is 0 Å². The van der Waals surface area contributed by atoms with Gasteiger partial charge in [0, 0.05) is 32.6 Å². The minimum absolute atomic E-state index is 0.126. The first-order valence-electron chi connectivity index (χ1n) is 11.2. The number of carbonyl (C=O) groups excluding carboxylic acids is 1. The van der Waals surface area contributed by atoms with E-state index >= 15 is 0 Å². The second-order valence-corrected chi connectivity index (χ2v) is 8.89. The molecule has 2 aliphatic rings. The largest absolute Gasteiger partial charge is 0.495 e. The molecule has 4 heterocycles. The number of alkyl halides is 1. The Labute approximate surface area is 191 Å². The van der Waals surface area contributed by atoms with Crippen LogP contribution in [0.2, 0.25) is 0 Å².